The number of hydrogen-bond acceptors (Lipinski definition) is 5. The van der Waals surface area contributed by atoms with Crippen LogP contribution in [0.25, 0.3) is 0 Å². The Morgan fingerprint density at radius 3 is 2.71 bits per heavy atom. The molecule has 0 amide bonds. The molecule has 0 bridgehead atoms. The number of para-hydroxylation sites is 1. The molecular formula is C15H17NO5. The van der Waals surface area contributed by atoms with Crippen molar-refractivity contribution in [1.29, 1.82) is 0 Å². The number of rotatable bonds is 6. The number of carbonyl (C=O) groups is 1. The number of aliphatic hydroxyl groups is 1. The third-order valence-electron chi connectivity index (χ3n) is 2.70. The highest BCUT2D eigenvalue weighted by molar-refractivity contribution is 5.90. The van der Waals surface area contributed by atoms with E-state index in [4.69, 9.17) is 4.74 Å². The van der Waals surface area contributed by atoms with E-state index >= 15 is 0 Å². The number of hydrogen-bond donors (Lipinski definition) is 1. The first-order chi connectivity index (χ1) is 10.0. The van der Waals surface area contributed by atoms with E-state index in [-0.39, 0.29) is 23.4 Å². The van der Waals surface area contributed by atoms with Crippen LogP contribution < -0.4 is 0 Å². The van der Waals surface area contributed by atoms with E-state index in [9.17, 15) is 20.0 Å². The molecule has 1 aromatic carbocycles. The van der Waals surface area contributed by atoms with Crippen LogP contribution in [0.3, 0.4) is 0 Å². The number of benzene rings is 1. The lowest BCUT2D eigenvalue weighted by Gasteiger charge is -2.14. The molecule has 1 N–H and O–H groups in total. The fraction of sp³-hybridized carbons (Fsp3) is 0.267. The minimum atomic E-state index is -1.43. The second kappa shape index (κ2) is 7.96. The van der Waals surface area contributed by atoms with Crippen LogP contribution in [0, 0.1) is 10.1 Å². The lowest BCUT2D eigenvalue weighted by Crippen LogP contribution is -2.15. The standard InChI is InChI=1S/C15H17NO5/c1-3-5-8-12(15(18)21-4-2)14(17)11-9-6-7-10-13(11)16(19)20/h3,5-10,14,17H,4H2,1-2H3/b5-3+,12-8+. The Balaban J connectivity index is 3.26. The molecule has 0 aromatic heterocycles. The summed E-state index contributed by atoms with van der Waals surface area (Å²) in [5.74, 6) is -0.707. The Morgan fingerprint density at radius 2 is 2.14 bits per heavy atom. The average molecular weight is 291 g/mol. The minimum absolute atomic E-state index is 0.0475. The highest BCUT2D eigenvalue weighted by Crippen LogP contribution is 2.30. The van der Waals surface area contributed by atoms with Gasteiger partial charge in [0.25, 0.3) is 5.69 Å². The minimum Gasteiger partial charge on any atom is -0.463 e. The summed E-state index contributed by atoms with van der Waals surface area (Å²) >= 11 is 0. The Labute approximate surface area is 122 Å². The van der Waals surface area contributed by atoms with Gasteiger partial charge in [0.15, 0.2) is 0 Å². The molecular weight excluding hydrogens is 274 g/mol. The van der Waals surface area contributed by atoms with Crippen LogP contribution in [0.1, 0.15) is 25.5 Å². The van der Waals surface area contributed by atoms with Gasteiger partial charge in [0.05, 0.1) is 22.7 Å². The maximum absolute atomic E-state index is 11.9. The van der Waals surface area contributed by atoms with Crippen LogP contribution in [0.5, 0.6) is 0 Å². The molecule has 1 unspecified atom stereocenters. The molecule has 0 fully saturated rings. The van der Waals surface area contributed by atoms with E-state index in [1.807, 2.05) is 0 Å². The molecule has 1 atom stereocenters. The monoisotopic (exact) mass is 291 g/mol. The van der Waals surface area contributed by atoms with Crippen LogP contribution in [-0.2, 0) is 9.53 Å². The van der Waals surface area contributed by atoms with E-state index in [2.05, 4.69) is 0 Å². The zero-order chi connectivity index (χ0) is 15.8. The average Bonchev–Trinajstić information content (AvgIpc) is 2.47. The Morgan fingerprint density at radius 1 is 1.48 bits per heavy atom. The number of ether oxygens (including phenoxy) is 1. The third kappa shape index (κ3) is 4.25. The molecule has 1 rings (SSSR count). The van der Waals surface area contributed by atoms with Gasteiger partial charge in [-0.3, -0.25) is 10.1 Å². The van der Waals surface area contributed by atoms with E-state index in [1.165, 1.54) is 24.3 Å². The SMILES string of the molecule is C/C=C/C=C(/C(=O)OCC)C(O)c1ccccc1[N+](=O)[O-]. The van der Waals surface area contributed by atoms with Crippen molar-refractivity contribution >= 4 is 11.7 Å². The number of nitro benzene ring substituents is 1. The van der Waals surface area contributed by atoms with E-state index in [0.717, 1.165) is 0 Å². The van der Waals surface area contributed by atoms with Gasteiger partial charge >= 0.3 is 5.97 Å². The van der Waals surface area contributed by atoms with Crippen molar-refractivity contribution in [1.82, 2.24) is 0 Å². The summed E-state index contributed by atoms with van der Waals surface area (Å²) in [6, 6.07) is 5.74. The summed E-state index contributed by atoms with van der Waals surface area (Å²) in [6.07, 6.45) is 3.19. The summed E-state index contributed by atoms with van der Waals surface area (Å²) < 4.78 is 4.87. The Hall–Kier alpha value is -2.47. The molecule has 21 heavy (non-hydrogen) atoms. The number of nitro groups is 1. The second-order valence-electron chi connectivity index (χ2n) is 4.09. The zero-order valence-electron chi connectivity index (χ0n) is 11.9. The van der Waals surface area contributed by atoms with Gasteiger partial charge in [-0.25, -0.2) is 4.79 Å². The van der Waals surface area contributed by atoms with E-state index < -0.39 is 17.0 Å². The largest absolute Gasteiger partial charge is 0.463 e. The summed E-state index contributed by atoms with van der Waals surface area (Å²) in [7, 11) is 0. The highest BCUT2D eigenvalue weighted by atomic mass is 16.6. The maximum atomic E-state index is 11.9. The number of aliphatic hydroxyl groups excluding tert-OH is 1. The van der Waals surface area contributed by atoms with E-state index in [1.54, 1.807) is 32.1 Å². The molecule has 0 aliphatic carbocycles. The van der Waals surface area contributed by atoms with Crippen molar-refractivity contribution in [2.75, 3.05) is 6.61 Å². The maximum Gasteiger partial charge on any atom is 0.337 e. The lowest BCUT2D eigenvalue weighted by atomic mass is 9.99. The molecule has 0 spiro atoms. The van der Waals surface area contributed by atoms with Crippen molar-refractivity contribution in [2.24, 2.45) is 0 Å². The predicted octanol–water partition coefficient (Wildman–Crippen LogP) is 2.69. The van der Waals surface area contributed by atoms with Gasteiger partial charge < -0.3 is 9.84 Å². The molecule has 0 aliphatic heterocycles. The van der Waals surface area contributed by atoms with Crippen molar-refractivity contribution in [3.8, 4) is 0 Å². The molecule has 0 radical (unpaired) electrons. The van der Waals surface area contributed by atoms with Crippen molar-refractivity contribution in [3.63, 3.8) is 0 Å². The van der Waals surface area contributed by atoms with Crippen molar-refractivity contribution in [2.45, 2.75) is 20.0 Å². The molecule has 0 heterocycles. The van der Waals surface area contributed by atoms with Crippen LogP contribution in [0.4, 0.5) is 5.69 Å². The predicted molar refractivity (Wildman–Crippen MR) is 77.6 cm³/mol. The fourth-order valence-corrected chi connectivity index (χ4v) is 1.74. The molecule has 0 saturated heterocycles. The smallest absolute Gasteiger partial charge is 0.337 e. The molecule has 6 nitrogen and oxygen atoms in total. The molecule has 112 valence electrons. The first-order valence-electron chi connectivity index (χ1n) is 6.44. The van der Waals surface area contributed by atoms with Gasteiger partial charge in [0.2, 0.25) is 0 Å². The summed E-state index contributed by atoms with van der Waals surface area (Å²) in [5.41, 5.74) is -0.253. The Kier molecular flexibility index (Phi) is 6.29. The molecule has 6 heteroatoms. The molecule has 1 aromatic rings. The number of carbonyl (C=O) groups excluding carboxylic acids is 1. The van der Waals surface area contributed by atoms with Gasteiger partial charge in [-0.1, -0.05) is 24.3 Å². The quantitative estimate of drug-likeness (QED) is 0.286. The number of nitrogens with zero attached hydrogens (tertiary/aromatic N) is 1. The van der Waals surface area contributed by atoms with Crippen molar-refractivity contribution < 1.29 is 19.6 Å². The lowest BCUT2D eigenvalue weighted by molar-refractivity contribution is -0.386. The van der Waals surface area contributed by atoms with Crippen LogP contribution in [-0.4, -0.2) is 22.6 Å². The van der Waals surface area contributed by atoms with Gasteiger partial charge in [-0.05, 0) is 26.0 Å². The normalized spacial score (nSPS) is 13.2. The van der Waals surface area contributed by atoms with Crippen LogP contribution >= 0.6 is 0 Å². The third-order valence-corrected chi connectivity index (χ3v) is 2.70. The summed E-state index contributed by atoms with van der Waals surface area (Å²) in [5, 5.41) is 21.3. The van der Waals surface area contributed by atoms with Gasteiger partial charge in [-0.2, -0.15) is 0 Å². The molecule has 0 aliphatic rings. The van der Waals surface area contributed by atoms with Gasteiger partial charge in [0, 0.05) is 6.07 Å². The zero-order valence-corrected chi connectivity index (χ0v) is 11.9. The van der Waals surface area contributed by atoms with Crippen molar-refractivity contribution in [3.05, 3.63) is 63.7 Å². The van der Waals surface area contributed by atoms with E-state index in [0.29, 0.717) is 0 Å². The second-order valence-corrected chi connectivity index (χ2v) is 4.09. The number of esters is 1. The first-order valence-corrected chi connectivity index (χ1v) is 6.44. The van der Waals surface area contributed by atoms with Gasteiger partial charge in [-0.15, -0.1) is 0 Å². The first kappa shape index (κ1) is 16.6. The molecule has 0 saturated carbocycles. The highest BCUT2D eigenvalue weighted by Gasteiger charge is 2.27. The Bertz CT molecular complexity index is 577. The summed E-state index contributed by atoms with van der Waals surface area (Å²) in [6.45, 7) is 3.54. The summed E-state index contributed by atoms with van der Waals surface area (Å²) in [4.78, 5) is 22.3. The van der Waals surface area contributed by atoms with Gasteiger partial charge in [0.1, 0.15) is 6.10 Å². The van der Waals surface area contributed by atoms with Crippen LogP contribution in [0.2, 0.25) is 0 Å². The van der Waals surface area contributed by atoms with Crippen LogP contribution in [0.15, 0.2) is 48.1 Å². The topological polar surface area (TPSA) is 89.7 Å². The number of allylic oxidation sites excluding steroid dienone is 3. The fourth-order valence-electron chi connectivity index (χ4n) is 1.74.